The Balaban J connectivity index is 3.40. The van der Waals surface area contributed by atoms with E-state index < -0.39 is 0 Å². The van der Waals surface area contributed by atoms with Crippen LogP contribution in [-0.2, 0) is 9.53 Å². The van der Waals surface area contributed by atoms with Crippen molar-refractivity contribution in [3.05, 3.63) is 0 Å². The Kier molecular flexibility index (Phi) is 10.8. The van der Waals surface area contributed by atoms with Crippen LogP contribution >= 0.6 is 0 Å². The van der Waals surface area contributed by atoms with E-state index in [9.17, 15) is 4.79 Å². The van der Waals surface area contributed by atoms with Gasteiger partial charge in [0.25, 0.3) is 0 Å². The molecule has 1 atom stereocenters. The van der Waals surface area contributed by atoms with Gasteiger partial charge in [-0.2, -0.15) is 0 Å². The normalized spacial score (nSPS) is 12.7. The number of Topliss-reactive ketones (excluding diaryl/α,β-unsaturated/α-hetero) is 1. The summed E-state index contributed by atoms with van der Waals surface area (Å²) < 4.78 is 4.93. The topological polar surface area (TPSA) is 52.3 Å². The highest BCUT2D eigenvalue weighted by Gasteiger charge is 2.11. The highest BCUT2D eigenvalue weighted by atomic mass is 16.5. The van der Waals surface area contributed by atoms with Gasteiger partial charge in [0.05, 0.1) is 6.04 Å². The zero-order chi connectivity index (χ0) is 12.2. The number of ether oxygens (including phenoxy) is 1. The number of unbranched alkanes of at least 4 members (excludes halogenated alkanes) is 4. The molecule has 3 heteroatoms. The largest absolute Gasteiger partial charge is 0.385 e. The van der Waals surface area contributed by atoms with Crippen molar-refractivity contribution in [2.75, 3.05) is 13.7 Å². The molecule has 0 heterocycles. The van der Waals surface area contributed by atoms with Gasteiger partial charge in [0.15, 0.2) is 0 Å². The second-order valence-corrected chi connectivity index (χ2v) is 4.37. The highest BCUT2D eigenvalue weighted by molar-refractivity contribution is 5.83. The van der Waals surface area contributed by atoms with Gasteiger partial charge in [0.1, 0.15) is 5.78 Å². The Labute approximate surface area is 99.7 Å². The third-order valence-electron chi connectivity index (χ3n) is 2.80. The third kappa shape index (κ3) is 8.86. The van der Waals surface area contributed by atoms with Crippen molar-refractivity contribution in [2.45, 2.75) is 64.3 Å². The van der Waals surface area contributed by atoms with Crippen molar-refractivity contribution in [1.82, 2.24) is 0 Å². The molecule has 0 aromatic carbocycles. The fourth-order valence-corrected chi connectivity index (χ4v) is 1.70. The van der Waals surface area contributed by atoms with Gasteiger partial charge in [-0.05, 0) is 19.3 Å². The Hall–Kier alpha value is -0.410. The number of methoxy groups -OCH3 is 1. The average molecular weight is 229 g/mol. The van der Waals surface area contributed by atoms with Crippen LogP contribution in [0.5, 0.6) is 0 Å². The maximum Gasteiger partial charge on any atom is 0.149 e. The molecule has 0 aliphatic rings. The smallest absolute Gasteiger partial charge is 0.149 e. The fourth-order valence-electron chi connectivity index (χ4n) is 1.70. The number of ketones is 1. The van der Waals surface area contributed by atoms with Crippen LogP contribution in [-0.4, -0.2) is 25.5 Å². The van der Waals surface area contributed by atoms with E-state index in [1.54, 1.807) is 7.11 Å². The first-order valence-corrected chi connectivity index (χ1v) is 6.49. The minimum absolute atomic E-state index is 0.215. The lowest BCUT2D eigenvalue weighted by molar-refractivity contribution is -0.120. The van der Waals surface area contributed by atoms with E-state index in [1.807, 2.05) is 0 Å². The van der Waals surface area contributed by atoms with E-state index in [0.717, 1.165) is 25.7 Å². The zero-order valence-corrected chi connectivity index (χ0v) is 10.8. The first-order chi connectivity index (χ1) is 7.72. The van der Waals surface area contributed by atoms with Crippen LogP contribution in [0.25, 0.3) is 0 Å². The van der Waals surface area contributed by atoms with Crippen LogP contribution in [0.1, 0.15) is 58.3 Å². The minimum atomic E-state index is -0.277. The minimum Gasteiger partial charge on any atom is -0.385 e. The zero-order valence-electron chi connectivity index (χ0n) is 10.8. The van der Waals surface area contributed by atoms with Crippen molar-refractivity contribution in [1.29, 1.82) is 0 Å². The predicted molar refractivity (Wildman–Crippen MR) is 67.5 cm³/mol. The Morgan fingerprint density at radius 2 is 1.88 bits per heavy atom. The second-order valence-electron chi connectivity index (χ2n) is 4.37. The van der Waals surface area contributed by atoms with Gasteiger partial charge in [-0.25, -0.2) is 0 Å². The molecule has 16 heavy (non-hydrogen) atoms. The van der Waals surface area contributed by atoms with E-state index in [-0.39, 0.29) is 11.8 Å². The monoisotopic (exact) mass is 229 g/mol. The molecule has 96 valence electrons. The molecule has 3 nitrogen and oxygen atoms in total. The molecule has 0 saturated heterocycles. The maximum absolute atomic E-state index is 11.6. The summed E-state index contributed by atoms with van der Waals surface area (Å²) in [5, 5.41) is 0. The van der Waals surface area contributed by atoms with Crippen molar-refractivity contribution in [3.63, 3.8) is 0 Å². The molecular formula is C13H27NO2. The average Bonchev–Trinajstić information content (AvgIpc) is 2.28. The second kappa shape index (κ2) is 11.1. The van der Waals surface area contributed by atoms with E-state index in [0.29, 0.717) is 13.0 Å². The standard InChI is InChI=1S/C13H27NO2/c1-3-4-5-6-7-10-13(15)12(14)9-8-11-16-2/h12H,3-11,14H2,1-2H3. The molecule has 2 N–H and O–H groups in total. The molecule has 0 rings (SSSR count). The van der Waals surface area contributed by atoms with Gasteiger partial charge >= 0.3 is 0 Å². The lowest BCUT2D eigenvalue weighted by Crippen LogP contribution is -2.30. The van der Waals surface area contributed by atoms with Crippen molar-refractivity contribution in [3.8, 4) is 0 Å². The molecule has 0 radical (unpaired) electrons. The molecule has 0 aromatic rings. The molecule has 0 aliphatic heterocycles. The summed E-state index contributed by atoms with van der Waals surface area (Å²) >= 11 is 0. The summed E-state index contributed by atoms with van der Waals surface area (Å²) in [5.74, 6) is 0.215. The number of nitrogens with two attached hydrogens (primary N) is 1. The summed E-state index contributed by atoms with van der Waals surface area (Å²) in [7, 11) is 1.67. The van der Waals surface area contributed by atoms with Crippen molar-refractivity contribution >= 4 is 5.78 Å². The first kappa shape index (κ1) is 15.6. The van der Waals surface area contributed by atoms with Crippen LogP contribution in [0.4, 0.5) is 0 Å². The lowest BCUT2D eigenvalue weighted by atomic mass is 10.0. The molecular weight excluding hydrogens is 202 g/mol. The Morgan fingerprint density at radius 1 is 1.19 bits per heavy atom. The molecule has 0 amide bonds. The fraction of sp³-hybridized carbons (Fsp3) is 0.923. The first-order valence-electron chi connectivity index (χ1n) is 6.49. The highest BCUT2D eigenvalue weighted by Crippen LogP contribution is 2.07. The van der Waals surface area contributed by atoms with E-state index in [4.69, 9.17) is 10.5 Å². The maximum atomic E-state index is 11.6. The van der Waals surface area contributed by atoms with Gasteiger partial charge in [-0.1, -0.05) is 32.6 Å². The Morgan fingerprint density at radius 3 is 2.50 bits per heavy atom. The summed E-state index contributed by atoms with van der Waals surface area (Å²) in [5.41, 5.74) is 5.79. The van der Waals surface area contributed by atoms with Crippen LogP contribution < -0.4 is 5.73 Å². The molecule has 0 spiro atoms. The molecule has 0 aromatic heterocycles. The summed E-state index contributed by atoms with van der Waals surface area (Å²) in [4.78, 5) is 11.6. The van der Waals surface area contributed by atoms with Gasteiger partial charge in [0, 0.05) is 20.1 Å². The van der Waals surface area contributed by atoms with Crippen LogP contribution in [0.15, 0.2) is 0 Å². The summed E-state index contributed by atoms with van der Waals surface area (Å²) in [6, 6.07) is -0.277. The Bertz CT molecular complexity index is 171. The van der Waals surface area contributed by atoms with Gasteiger partial charge < -0.3 is 10.5 Å². The lowest BCUT2D eigenvalue weighted by Gasteiger charge is -2.09. The third-order valence-corrected chi connectivity index (χ3v) is 2.80. The number of hydrogen-bond acceptors (Lipinski definition) is 3. The van der Waals surface area contributed by atoms with Crippen molar-refractivity contribution in [2.24, 2.45) is 5.73 Å². The number of hydrogen-bond donors (Lipinski definition) is 1. The van der Waals surface area contributed by atoms with Crippen molar-refractivity contribution < 1.29 is 9.53 Å². The molecule has 0 fully saturated rings. The van der Waals surface area contributed by atoms with Gasteiger partial charge in [-0.3, -0.25) is 4.79 Å². The number of carbonyl (C=O) groups is 1. The SMILES string of the molecule is CCCCCCCC(=O)C(N)CCCOC. The molecule has 0 aliphatic carbocycles. The number of carbonyl (C=O) groups excluding carboxylic acids is 1. The molecule has 0 bridgehead atoms. The number of rotatable bonds is 11. The molecule has 0 saturated carbocycles. The van der Waals surface area contributed by atoms with Crippen LogP contribution in [0.3, 0.4) is 0 Å². The molecule has 1 unspecified atom stereocenters. The van der Waals surface area contributed by atoms with Crippen LogP contribution in [0.2, 0.25) is 0 Å². The predicted octanol–water partition coefficient (Wildman–Crippen LogP) is 2.67. The summed E-state index contributed by atoms with van der Waals surface area (Å²) in [6.45, 7) is 2.88. The van der Waals surface area contributed by atoms with Gasteiger partial charge in [0.2, 0.25) is 0 Å². The quantitative estimate of drug-likeness (QED) is 0.554. The summed E-state index contributed by atoms with van der Waals surface area (Å²) in [6.07, 6.45) is 8.18. The van der Waals surface area contributed by atoms with E-state index >= 15 is 0 Å². The van der Waals surface area contributed by atoms with E-state index in [2.05, 4.69) is 6.92 Å². The van der Waals surface area contributed by atoms with Gasteiger partial charge in [-0.15, -0.1) is 0 Å². The van der Waals surface area contributed by atoms with Crippen LogP contribution in [0, 0.1) is 0 Å². The van der Waals surface area contributed by atoms with E-state index in [1.165, 1.54) is 19.3 Å².